The molecule has 0 atom stereocenters. The number of esters is 1. The van der Waals surface area contributed by atoms with E-state index >= 15 is 0 Å². The van der Waals surface area contributed by atoms with Crippen LogP contribution >= 0.6 is 0 Å². The molecule has 1 aliphatic rings. The molecule has 1 aliphatic heterocycles. The molecule has 0 aromatic carbocycles. The maximum absolute atomic E-state index is 10.4. The summed E-state index contributed by atoms with van der Waals surface area (Å²) in [6.45, 7) is 1.88. The SMILES string of the molecule is CCC1=CC(=O)OC1=N. The third-order valence-corrected chi connectivity index (χ3v) is 1.17. The predicted molar refractivity (Wildman–Crippen MR) is 32.2 cm³/mol. The molecule has 0 amide bonds. The summed E-state index contributed by atoms with van der Waals surface area (Å²) in [5, 5.41) is 7.02. The van der Waals surface area contributed by atoms with E-state index < -0.39 is 5.97 Å². The lowest BCUT2D eigenvalue weighted by Gasteiger charge is -1.92. The van der Waals surface area contributed by atoms with E-state index in [1.54, 1.807) is 0 Å². The van der Waals surface area contributed by atoms with Gasteiger partial charge in [-0.1, -0.05) is 6.92 Å². The summed E-state index contributed by atoms with van der Waals surface area (Å²) in [6, 6.07) is 0. The lowest BCUT2D eigenvalue weighted by atomic mass is 10.2. The zero-order valence-corrected chi connectivity index (χ0v) is 5.10. The van der Waals surface area contributed by atoms with Gasteiger partial charge in [0, 0.05) is 11.6 Å². The predicted octanol–water partition coefficient (Wildman–Crippen LogP) is 0.857. The summed E-state index contributed by atoms with van der Waals surface area (Å²) in [4.78, 5) is 10.4. The van der Waals surface area contributed by atoms with Crippen molar-refractivity contribution in [2.45, 2.75) is 13.3 Å². The van der Waals surface area contributed by atoms with Crippen LogP contribution in [0.15, 0.2) is 11.6 Å². The van der Waals surface area contributed by atoms with Gasteiger partial charge < -0.3 is 4.74 Å². The van der Waals surface area contributed by atoms with Gasteiger partial charge in [-0.25, -0.2) is 4.79 Å². The van der Waals surface area contributed by atoms with Crippen LogP contribution in [0.25, 0.3) is 0 Å². The fourth-order valence-electron chi connectivity index (χ4n) is 0.666. The van der Waals surface area contributed by atoms with Crippen LogP contribution in [-0.2, 0) is 9.53 Å². The first kappa shape index (κ1) is 6.01. The minimum atomic E-state index is -0.420. The number of nitrogens with one attached hydrogen (secondary N) is 1. The summed E-state index contributed by atoms with van der Waals surface area (Å²) >= 11 is 0. The van der Waals surface area contributed by atoms with Crippen LogP contribution < -0.4 is 0 Å². The number of hydrogen-bond acceptors (Lipinski definition) is 3. The Bertz CT molecular complexity index is 193. The Morgan fingerprint density at radius 2 is 2.44 bits per heavy atom. The van der Waals surface area contributed by atoms with Gasteiger partial charge in [0.15, 0.2) is 0 Å². The maximum atomic E-state index is 10.4. The molecule has 0 aromatic rings. The molecular formula is C6H7NO2. The molecule has 0 aromatic heterocycles. The molecule has 1 N–H and O–H groups in total. The normalized spacial score (nSPS) is 17.7. The van der Waals surface area contributed by atoms with Gasteiger partial charge >= 0.3 is 5.97 Å². The maximum Gasteiger partial charge on any atom is 0.337 e. The van der Waals surface area contributed by atoms with Crippen LogP contribution in [0.3, 0.4) is 0 Å². The average molecular weight is 125 g/mol. The van der Waals surface area contributed by atoms with Crippen molar-refractivity contribution in [1.29, 1.82) is 5.41 Å². The molecule has 48 valence electrons. The van der Waals surface area contributed by atoms with Gasteiger partial charge in [0.25, 0.3) is 0 Å². The lowest BCUT2D eigenvalue weighted by molar-refractivity contribution is -0.129. The largest absolute Gasteiger partial charge is 0.405 e. The highest BCUT2D eigenvalue weighted by Crippen LogP contribution is 2.10. The van der Waals surface area contributed by atoms with Gasteiger partial charge in [0.05, 0.1) is 0 Å². The molecule has 0 fully saturated rings. The molecule has 1 rings (SSSR count). The molecule has 0 spiro atoms. The van der Waals surface area contributed by atoms with E-state index in [-0.39, 0.29) is 5.90 Å². The van der Waals surface area contributed by atoms with Crippen molar-refractivity contribution in [2.75, 3.05) is 0 Å². The van der Waals surface area contributed by atoms with Gasteiger partial charge in [-0.2, -0.15) is 0 Å². The van der Waals surface area contributed by atoms with Crippen molar-refractivity contribution in [1.82, 2.24) is 0 Å². The Balaban J connectivity index is 2.80. The van der Waals surface area contributed by atoms with Crippen LogP contribution in [0.5, 0.6) is 0 Å². The highest BCUT2D eigenvalue weighted by molar-refractivity contribution is 6.09. The molecule has 0 unspecified atom stereocenters. The summed E-state index contributed by atoms with van der Waals surface area (Å²) in [7, 11) is 0. The van der Waals surface area contributed by atoms with Crippen molar-refractivity contribution >= 4 is 11.9 Å². The number of rotatable bonds is 1. The molecule has 9 heavy (non-hydrogen) atoms. The van der Waals surface area contributed by atoms with Crippen molar-refractivity contribution < 1.29 is 9.53 Å². The summed E-state index contributed by atoms with van der Waals surface area (Å²) in [6.07, 6.45) is 2.03. The molecule has 0 saturated heterocycles. The van der Waals surface area contributed by atoms with Crippen LogP contribution in [0.2, 0.25) is 0 Å². The summed E-state index contributed by atoms with van der Waals surface area (Å²) < 4.78 is 4.42. The van der Waals surface area contributed by atoms with E-state index in [0.29, 0.717) is 12.0 Å². The van der Waals surface area contributed by atoms with Crippen molar-refractivity contribution in [3.63, 3.8) is 0 Å². The van der Waals surface area contributed by atoms with Gasteiger partial charge in [-0.05, 0) is 6.42 Å². The van der Waals surface area contributed by atoms with E-state index in [1.165, 1.54) is 6.08 Å². The van der Waals surface area contributed by atoms with Gasteiger partial charge in [-0.3, -0.25) is 5.41 Å². The van der Waals surface area contributed by atoms with Crippen LogP contribution in [0, 0.1) is 5.41 Å². The first-order valence-electron chi connectivity index (χ1n) is 2.75. The summed E-state index contributed by atoms with van der Waals surface area (Å²) in [5.41, 5.74) is 0.681. The first-order chi connectivity index (χ1) is 4.24. The molecule has 3 heteroatoms. The van der Waals surface area contributed by atoms with E-state index in [2.05, 4.69) is 4.74 Å². The molecule has 0 aliphatic carbocycles. The van der Waals surface area contributed by atoms with Crippen molar-refractivity contribution in [2.24, 2.45) is 0 Å². The van der Waals surface area contributed by atoms with Crippen LogP contribution in [0.1, 0.15) is 13.3 Å². The second kappa shape index (κ2) is 2.01. The van der Waals surface area contributed by atoms with E-state index in [4.69, 9.17) is 5.41 Å². The Labute approximate surface area is 52.8 Å². The minimum Gasteiger partial charge on any atom is -0.405 e. The number of carbonyl (C=O) groups is 1. The van der Waals surface area contributed by atoms with Crippen LogP contribution in [-0.4, -0.2) is 11.9 Å². The molecular weight excluding hydrogens is 118 g/mol. The molecule has 0 bridgehead atoms. The topological polar surface area (TPSA) is 50.2 Å². The molecule has 0 radical (unpaired) electrons. The van der Waals surface area contributed by atoms with E-state index in [1.807, 2.05) is 6.92 Å². The smallest absolute Gasteiger partial charge is 0.337 e. The molecule has 3 nitrogen and oxygen atoms in total. The minimum absolute atomic E-state index is 0.00231. The molecule has 0 saturated carbocycles. The standard InChI is InChI=1S/C6H7NO2/c1-2-4-3-5(8)9-6(4)7/h3,7H,2H2,1H3. The van der Waals surface area contributed by atoms with Gasteiger partial charge in [0.1, 0.15) is 0 Å². The second-order valence-electron chi connectivity index (χ2n) is 1.77. The van der Waals surface area contributed by atoms with E-state index in [9.17, 15) is 4.79 Å². The quantitative estimate of drug-likeness (QED) is 0.528. The highest BCUT2D eigenvalue weighted by atomic mass is 16.5. The lowest BCUT2D eigenvalue weighted by Crippen LogP contribution is -1.99. The first-order valence-corrected chi connectivity index (χ1v) is 2.75. The second-order valence-corrected chi connectivity index (χ2v) is 1.77. The zero-order chi connectivity index (χ0) is 6.85. The number of cyclic esters (lactones) is 1. The molecule has 1 heterocycles. The Morgan fingerprint density at radius 3 is 2.67 bits per heavy atom. The van der Waals surface area contributed by atoms with Crippen LogP contribution in [0.4, 0.5) is 0 Å². The van der Waals surface area contributed by atoms with Gasteiger partial charge in [-0.15, -0.1) is 0 Å². The number of carbonyl (C=O) groups excluding carboxylic acids is 1. The third kappa shape index (κ3) is 0.988. The Hall–Kier alpha value is -1.12. The summed E-state index contributed by atoms with van der Waals surface area (Å²) in [5.74, 6) is -0.417. The van der Waals surface area contributed by atoms with E-state index in [0.717, 1.165) is 0 Å². The van der Waals surface area contributed by atoms with Crippen molar-refractivity contribution in [3.05, 3.63) is 11.6 Å². The Kier molecular flexibility index (Phi) is 1.34. The zero-order valence-electron chi connectivity index (χ0n) is 5.10. The van der Waals surface area contributed by atoms with Gasteiger partial charge in [0.2, 0.25) is 5.90 Å². The fraction of sp³-hybridized carbons (Fsp3) is 0.333. The number of ether oxygens (including phenoxy) is 1. The highest BCUT2D eigenvalue weighted by Gasteiger charge is 2.17. The van der Waals surface area contributed by atoms with Crippen molar-refractivity contribution in [3.8, 4) is 0 Å². The number of hydrogen-bond donors (Lipinski definition) is 1. The third-order valence-electron chi connectivity index (χ3n) is 1.17. The fourth-order valence-corrected chi connectivity index (χ4v) is 0.666. The average Bonchev–Trinajstić information content (AvgIpc) is 2.10. The monoisotopic (exact) mass is 125 g/mol. The Morgan fingerprint density at radius 1 is 1.78 bits per heavy atom.